The van der Waals surface area contributed by atoms with E-state index in [-0.39, 0.29) is 12.1 Å². The molecule has 3 heteroatoms. The molecule has 1 N–H and O–H groups in total. The molecule has 13 heavy (non-hydrogen) atoms. The largest absolute Gasteiger partial charge is 0.458 e. The predicted molar refractivity (Wildman–Crippen MR) is 49.1 cm³/mol. The third-order valence-corrected chi connectivity index (χ3v) is 1.74. The van der Waals surface area contributed by atoms with Gasteiger partial charge in [-0.2, -0.15) is 0 Å². The van der Waals surface area contributed by atoms with Crippen molar-refractivity contribution in [1.29, 1.82) is 0 Å². The average Bonchev–Trinajstić information content (AvgIpc) is 2.45. The zero-order valence-electron chi connectivity index (χ0n) is 7.64. The van der Waals surface area contributed by atoms with Crippen LogP contribution in [0.5, 0.6) is 0 Å². The molecule has 0 bridgehead atoms. The monoisotopic (exact) mass is 182 g/mol. The maximum Gasteiger partial charge on any atom is 0.306 e. The molecule has 1 rings (SSSR count). The van der Waals surface area contributed by atoms with Gasteiger partial charge in [-0.1, -0.05) is 18.2 Å². The standard InChI is InChI=1S/C10H14O3/c1-8(11)4-2-3-5-9-6-7-10(12)13-9/h2-5,8-9,11H,6-7H2,1H3/b4-2+,5-3+/t8-,9?/m1/s1. The molecule has 0 spiro atoms. The molecule has 1 aliphatic rings. The molecular formula is C10H14O3. The molecule has 3 nitrogen and oxygen atoms in total. The molecule has 2 atom stereocenters. The van der Waals surface area contributed by atoms with Crippen LogP contribution in [0.15, 0.2) is 24.3 Å². The first-order valence-electron chi connectivity index (χ1n) is 4.41. The van der Waals surface area contributed by atoms with E-state index >= 15 is 0 Å². The van der Waals surface area contributed by atoms with Crippen LogP contribution in [0.2, 0.25) is 0 Å². The van der Waals surface area contributed by atoms with Crippen molar-refractivity contribution < 1.29 is 14.6 Å². The van der Waals surface area contributed by atoms with Gasteiger partial charge in [-0.3, -0.25) is 4.79 Å². The number of rotatable bonds is 3. The van der Waals surface area contributed by atoms with Gasteiger partial charge >= 0.3 is 5.97 Å². The van der Waals surface area contributed by atoms with Crippen LogP contribution < -0.4 is 0 Å². The summed E-state index contributed by atoms with van der Waals surface area (Å²) in [5.74, 6) is -0.130. The quantitative estimate of drug-likeness (QED) is 0.526. The molecule has 1 aliphatic heterocycles. The lowest BCUT2D eigenvalue weighted by molar-refractivity contribution is -0.139. The number of ether oxygens (including phenoxy) is 1. The van der Waals surface area contributed by atoms with E-state index in [2.05, 4.69) is 0 Å². The number of cyclic esters (lactones) is 1. The number of hydrogen-bond donors (Lipinski definition) is 1. The van der Waals surface area contributed by atoms with Crippen molar-refractivity contribution in [3.8, 4) is 0 Å². The summed E-state index contributed by atoms with van der Waals surface area (Å²) in [5.41, 5.74) is 0. The van der Waals surface area contributed by atoms with Gasteiger partial charge in [-0.15, -0.1) is 0 Å². The Hall–Kier alpha value is -1.09. The van der Waals surface area contributed by atoms with E-state index in [1.54, 1.807) is 25.2 Å². The van der Waals surface area contributed by atoms with Gasteiger partial charge in [-0.05, 0) is 19.4 Å². The smallest absolute Gasteiger partial charge is 0.306 e. The van der Waals surface area contributed by atoms with Crippen molar-refractivity contribution in [2.45, 2.75) is 32.0 Å². The van der Waals surface area contributed by atoms with Crippen molar-refractivity contribution in [1.82, 2.24) is 0 Å². The molecule has 1 saturated heterocycles. The van der Waals surface area contributed by atoms with Gasteiger partial charge in [0.25, 0.3) is 0 Å². The number of carbonyl (C=O) groups excluding carboxylic acids is 1. The van der Waals surface area contributed by atoms with E-state index in [0.29, 0.717) is 6.42 Å². The van der Waals surface area contributed by atoms with Crippen LogP contribution in [0.4, 0.5) is 0 Å². The summed E-state index contributed by atoms with van der Waals surface area (Å²) in [7, 11) is 0. The van der Waals surface area contributed by atoms with Crippen molar-refractivity contribution in [3.05, 3.63) is 24.3 Å². The Balaban J connectivity index is 2.28. The van der Waals surface area contributed by atoms with E-state index in [0.717, 1.165) is 6.42 Å². The molecule has 0 aromatic heterocycles. The third kappa shape index (κ3) is 3.90. The highest BCUT2D eigenvalue weighted by molar-refractivity contribution is 5.71. The number of carbonyl (C=O) groups is 1. The maximum atomic E-state index is 10.7. The molecule has 0 aliphatic carbocycles. The molecule has 1 heterocycles. The highest BCUT2D eigenvalue weighted by atomic mass is 16.5. The van der Waals surface area contributed by atoms with Gasteiger partial charge in [0.2, 0.25) is 0 Å². The minimum absolute atomic E-state index is 0.0776. The van der Waals surface area contributed by atoms with Crippen LogP contribution >= 0.6 is 0 Å². The summed E-state index contributed by atoms with van der Waals surface area (Å²) < 4.78 is 4.95. The van der Waals surface area contributed by atoms with Crippen molar-refractivity contribution in [2.24, 2.45) is 0 Å². The number of aliphatic hydroxyl groups is 1. The summed E-state index contributed by atoms with van der Waals surface area (Å²) in [6.07, 6.45) is 7.78. The van der Waals surface area contributed by atoms with Crippen LogP contribution in [0.1, 0.15) is 19.8 Å². The van der Waals surface area contributed by atoms with Gasteiger partial charge in [0, 0.05) is 6.42 Å². The topological polar surface area (TPSA) is 46.5 Å². The zero-order valence-corrected chi connectivity index (χ0v) is 7.64. The maximum absolute atomic E-state index is 10.7. The van der Waals surface area contributed by atoms with Crippen LogP contribution in [0, 0.1) is 0 Å². The Morgan fingerprint density at radius 1 is 1.62 bits per heavy atom. The Morgan fingerprint density at radius 2 is 2.38 bits per heavy atom. The highest BCUT2D eigenvalue weighted by Gasteiger charge is 2.19. The number of esters is 1. The van der Waals surface area contributed by atoms with Gasteiger partial charge < -0.3 is 9.84 Å². The van der Waals surface area contributed by atoms with Crippen molar-refractivity contribution in [2.75, 3.05) is 0 Å². The van der Waals surface area contributed by atoms with E-state index in [1.807, 2.05) is 6.08 Å². The highest BCUT2D eigenvalue weighted by Crippen LogP contribution is 2.14. The molecule has 72 valence electrons. The van der Waals surface area contributed by atoms with Gasteiger partial charge in [0.05, 0.1) is 6.10 Å². The van der Waals surface area contributed by atoms with Crippen LogP contribution in [-0.2, 0) is 9.53 Å². The van der Waals surface area contributed by atoms with E-state index in [1.165, 1.54) is 0 Å². The molecule has 0 amide bonds. The zero-order chi connectivity index (χ0) is 9.68. The normalized spacial score (nSPS) is 25.7. The first-order valence-corrected chi connectivity index (χ1v) is 4.41. The Morgan fingerprint density at radius 3 is 2.92 bits per heavy atom. The molecule has 0 aromatic carbocycles. The minimum atomic E-state index is -0.434. The van der Waals surface area contributed by atoms with Crippen molar-refractivity contribution >= 4 is 5.97 Å². The fourth-order valence-electron chi connectivity index (χ4n) is 1.10. The lowest BCUT2D eigenvalue weighted by Crippen LogP contribution is -2.01. The number of aliphatic hydroxyl groups excluding tert-OH is 1. The molecular weight excluding hydrogens is 168 g/mol. The molecule has 1 unspecified atom stereocenters. The fraction of sp³-hybridized carbons (Fsp3) is 0.500. The third-order valence-electron chi connectivity index (χ3n) is 1.74. The van der Waals surface area contributed by atoms with E-state index in [9.17, 15) is 4.79 Å². The second-order valence-corrected chi connectivity index (χ2v) is 3.08. The van der Waals surface area contributed by atoms with Gasteiger partial charge in [0.15, 0.2) is 0 Å². The Kier molecular flexibility index (Phi) is 3.71. The second-order valence-electron chi connectivity index (χ2n) is 3.08. The first kappa shape index (κ1) is 9.99. The summed E-state index contributed by atoms with van der Waals surface area (Å²) in [5, 5.41) is 8.88. The van der Waals surface area contributed by atoms with Gasteiger partial charge in [0.1, 0.15) is 6.10 Å². The SMILES string of the molecule is C[C@@H](O)/C=C/C=C/C1CCC(=O)O1. The molecule has 1 fully saturated rings. The van der Waals surface area contributed by atoms with Gasteiger partial charge in [-0.25, -0.2) is 0 Å². The van der Waals surface area contributed by atoms with Crippen molar-refractivity contribution in [3.63, 3.8) is 0 Å². The van der Waals surface area contributed by atoms with E-state index in [4.69, 9.17) is 9.84 Å². The lowest BCUT2D eigenvalue weighted by atomic mass is 10.2. The van der Waals surface area contributed by atoms with Crippen LogP contribution in [0.25, 0.3) is 0 Å². The van der Waals surface area contributed by atoms with Crippen LogP contribution in [0.3, 0.4) is 0 Å². The Bertz CT molecular complexity index is 228. The second kappa shape index (κ2) is 4.82. The van der Waals surface area contributed by atoms with E-state index < -0.39 is 6.10 Å². The average molecular weight is 182 g/mol. The minimum Gasteiger partial charge on any atom is -0.458 e. The summed E-state index contributed by atoms with van der Waals surface area (Å²) in [6, 6.07) is 0. The molecule has 0 radical (unpaired) electrons. The number of allylic oxidation sites excluding steroid dienone is 2. The first-order chi connectivity index (χ1) is 6.18. The van der Waals surface area contributed by atoms with Crippen LogP contribution in [-0.4, -0.2) is 23.3 Å². The number of hydrogen-bond acceptors (Lipinski definition) is 3. The lowest BCUT2D eigenvalue weighted by Gasteiger charge is -1.99. The summed E-state index contributed by atoms with van der Waals surface area (Å²) in [6.45, 7) is 1.68. The molecule has 0 aromatic rings. The predicted octanol–water partition coefficient (Wildman–Crippen LogP) is 1.19. The molecule has 0 saturated carbocycles. The summed E-state index contributed by atoms with van der Waals surface area (Å²) in [4.78, 5) is 10.7. The fourth-order valence-corrected chi connectivity index (χ4v) is 1.10. The summed E-state index contributed by atoms with van der Waals surface area (Å²) >= 11 is 0. The Labute approximate surface area is 77.7 Å².